The van der Waals surface area contributed by atoms with Crippen LogP contribution in [0.25, 0.3) is 0 Å². The molecule has 0 aromatic carbocycles. The summed E-state index contributed by atoms with van der Waals surface area (Å²) in [6, 6.07) is 0.292. The van der Waals surface area contributed by atoms with Gasteiger partial charge in [-0.05, 0) is 25.7 Å². The Kier molecular flexibility index (Phi) is 3.76. The quantitative estimate of drug-likeness (QED) is 0.840. The Balaban J connectivity index is 1.97. The molecular formula is C12H20N4O. The molecule has 1 aromatic heterocycles. The summed E-state index contributed by atoms with van der Waals surface area (Å²) in [6.45, 7) is 3.98. The first-order chi connectivity index (χ1) is 8.20. The molecule has 1 fully saturated rings. The number of rotatable bonds is 3. The second-order valence-corrected chi connectivity index (χ2v) is 4.78. The van der Waals surface area contributed by atoms with Crippen LogP contribution in [0, 0.1) is 12.8 Å². The Morgan fingerprint density at radius 1 is 1.47 bits per heavy atom. The molecular weight excluding hydrogens is 216 g/mol. The van der Waals surface area contributed by atoms with Crippen molar-refractivity contribution in [3.63, 3.8) is 0 Å². The van der Waals surface area contributed by atoms with Crippen molar-refractivity contribution in [3.8, 4) is 0 Å². The van der Waals surface area contributed by atoms with E-state index in [-0.39, 0.29) is 11.7 Å². The van der Waals surface area contributed by atoms with E-state index in [1.54, 1.807) is 6.92 Å². The Labute approximate surface area is 101 Å². The third kappa shape index (κ3) is 2.84. The molecule has 0 radical (unpaired) electrons. The highest BCUT2D eigenvalue weighted by Gasteiger charge is 2.26. The van der Waals surface area contributed by atoms with Gasteiger partial charge in [0.1, 0.15) is 5.82 Å². The molecule has 1 amide bonds. The fraction of sp³-hybridized carbons (Fsp3) is 0.750. The topological polar surface area (TPSA) is 70.7 Å². The van der Waals surface area contributed by atoms with Gasteiger partial charge in [-0.2, -0.15) is 0 Å². The van der Waals surface area contributed by atoms with Crippen molar-refractivity contribution in [2.45, 2.75) is 52.0 Å². The van der Waals surface area contributed by atoms with Gasteiger partial charge in [0.2, 0.25) is 5.82 Å². The fourth-order valence-corrected chi connectivity index (χ4v) is 2.56. The van der Waals surface area contributed by atoms with Crippen molar-refractivity contribution in [1.82, 2.24) is 20.5 Å². The first-order valence-corrected chi connectivity index (χ1v) is 6.40. The zero-order chi connectivity index (χ0) is 12.3. The van der Waals surface area contributed by atoms with Gasteiger partial charge in [-0.3, -0.25) is 9.89 Å². The molecule has 1 aromatic rings. The molecule has 1 heterocycles. The van der Waals surface area contributed by atoms with Gasteiger partial charge in [0.25, 0.3) is 5.91 Å². The number of hydrogen-bond donors (Lipinski definition) is 2. The summed E-state index contributed by atoms with van der Waals surface area (Å²) in [5.74, 6) is 1.38. The molecule has 2 rings (SSSR count). The summed E-state index contributed by atoms with van der Waals surface area (Å²) in [4.78, 5) is 16.0. The van der Waals surface area contributed by atoms with E-state index < -0.39 is 0 Å². The Bertz CT molecular complexity index is 388. The van der Waals surface area contributed by atoms with Gasteiger partial charge in [-0.25, -0.2) is 4.98 Å². The number of nitrogens with one attached hydrogen (secondary N) is 2. The molecule has 2 N–H and O–H groups in total. The number of hydrogen-bond acceptors (Lipinski definition) is 3. The monoisotopic (exact) mass is 236 g/mol. The zero-order valence-corrected chi connectivity index (χ0v) is 10.5. The van der Waals surface area contributed by atoms with Crippen molar-refractivity contribution >= 4 is 5.91 Å². The maximum atomic E-state index is 11.9. The third-order valence-electron chi connectivity index (χ3n) is 3.55. The van der Waals surface area contributed by atoms with Crippen LogP contribution in [-0.4, -0.2) is 27.1 Å². The summed E-state index contributed by atoms with van der Waals surface area (Å²) in [5, 5.41) is 9.64. The lowest BCUT2D eigenvalue weighted by atomic mass is 9.83. The highest BCUT2D eigenvalue weighted by atomic mass is 16.2. The molecule has 0 saturated heterocycles. The van der Waals surface area contributed by atoms with E-state index in [1.165, 1.54) is 19.3 Å². The largest absolute Gasteiger partial charge is 0.346 e. The Morgan fingerprint density at radius 2 is 2.24 bits per heavy atom. The van der Waals surface area contributed by atoms with E-state index in [1.807, 2.05) is 0 Å². The van der Waals surface area contributed by atoms with Crippen molar-refractivity contribution in [1.29, 1.82) is 0 Å². The van der Waals surface area contributed by atoms with Crippen molar-refractivity contribution < 1.29 is 4.79 Å². The second-order valence-electron chi connectivity index (χ2n) is 4.78. The van der Waals surface area contributed by atoms with E-state index in [4.69, 9.17) is 0 Å². The molecule has 94 valence electrons. The van der Waals surface area contributed by atoms with Gasteiger partial charge in [-0.15, -0.1) is 5.10 Å². The number of aromatic nitrogens is 3. The van der Waals surface area contributed by atoms with Gasteiger partial charge >= 0.3 is 0 Å². The van der Waals surface area contributed by atoms with Crippen LogP contribution in [0.15, 0.2) is 0 Å². The predicted octanol–water partition coefficient (Wildman–Crippen LogP) is 1.81. The van der Waals surface area contributed by atoms with E-state index >= 15 is 0 Å². The average Bonchev–Trinajstić information content (AvgIpc) is 2.77. The summed E-state index contributed by atoms with van der Waals surface area (Å²) < 4.78 is 0. The van der Waals surface area contributed by atoms with Crippen LogP contribution in [0.4, 0.5) is 0 Å². The van der Waals surface area contributed by atoms with Crippen molar-refractivity contribution in [2.24, 2.45) is 5.92 Å². The number of carbonyl (C=O) groups excluding carboxylic acids is 1. The molecule has 5 heteroatoms. The van der Waals surface area contributed by atoms with E-state index in [0.717, 1.165) is 12.8 Å². The maximum absolute atomic E-state index is 11.9. The molecule has 2 unspecified atom stereocenters. The van der Waals surface area contributed by atoms with E-state index in [9.17, 15) is 4.79 Å². The number of nitrogens with zero attached hydrogens (tertiary/aromatic N) is 2. The van der Waals surface area contributed by atoms with Gasteiger partial charge in [0.05, 0.1) is 0 Å². The number of H-pyrrole nitrogens is 1. The zero-order valence-electron chi connectivity index (χ0n) is 10.5. The van der Waals surface area contributed by atoms with Crippen LogP contribution in [0.3, 0.4) is 0 Å². The number of amides is 1. The smallest absolute Gasteiger partial charge is 0.291 e. The molecule has 0 bridgehead atoms. The van der Waals surface area contributed by atoms with Crippen LogP contribution in [-0.2, 0) is 0 Å². The second kappa shape index (κ2) is 5.29. The van der Waals surface area contributed by atoms with Gasteiger partial charge in [0, 0.05) is 6.04 Å². The predicted molar refractivity (Wildman–Crippen MR) is 64.6 cm³/mol. The Hall–Kier alpha value is -1.39. The average molecular weight is 236 g/mol. The van der Waals surface area contributed by atoms with Crippen LogP contribution >= 0.6 is 0 Å². The minimum atomic E-state index is -0.153. The van der Waals surface area contributed by atoms with Gasteiger partial charge < -0.3 is 5.32 Å². The molecule has 0 spiro atoms. The molecule has 2 atom stereocenters. The fourth-order valence-electron chi connectivity index (χ4n) is 2.56. The lowest BCUT2D eigenvalue weighted by Crippen LogP contribution is -2.42. The van der Waals surface area contributed by atoms with Crippen LogP contribution < -0.4 is 5.32 Å². The Morgan fingerprint density at radius 3 is 2.88 bits per heavy atom. The minimum absolute atomic E-state index is 0.153. The molecule has 1 saturated carbocycles. The molecule has 17 heavy (non-hydrogen) atoms. The SMILES string of the molecule is CCC1CCCCC1NC(=O)c1n[nH]c(C)n1. The lowest BCUT2D eigenvalue weighted by molar-refractivity contribution is 0.0894. The van der Waals surface area contributed by atoms with Crippen LogP contribution in [0.5, 0.6) is 0 Å². The first kappa shape index (κ1) is 12.1. The summed E-state index contributed by atoms with van der Waals surface area (Å²) in [5.41, 5.74) is 0. The summed E-state index contributed by atoms with van der Waals surface area (Å²) in [6.07, 6.45) is 5.90. The lowest BCUT2D eigenvalue weighted by Gasteiger charge is -2.31. The number of aromatic amines is 1. The van der Waals surface area contributed by atoms with Gasteiger partial charge in [0.15, 0.2) is 0 Å². The molecule has 0 aliphatic heterocycles. The van der Waals surface area contributed by atoms with Crippen molar-refractivity contribution in [3.05, 3.63) is 11.6 Å². The summed E-state index contributed by atoms with van der Waals surface area (Å²) in [7, 11) is 0. The molecule has 1 aliphatic carbocycles. The van der Waals surface area contributed by atoms with Crippen LogP contribution in [0.1, 0.15) is 55.5 Å². The molecule has 1 aliphatic rings. The van der Waals surface area contributed by atoms with E-state index in [2.05, 4.69) is 27.4 Å². The normalized spacial score (nSPS) is 24.6. The van der Waals surface area contributed by atoms with Crippen LogP contribution in [0.2, 0.25) is 0 Å². The minimum Gasteiger partial charge on any atom is -0.346 e. The van der Waals surface area contributed by atoms with Gasteiger partial charge in [-0.1, -0.05) is 26.2 Å². The highest BCUT2D eigenvalue weighted by Crippen LogP contribution is 2.26. The third-order valence-corrected chi connectivity index (χ3v) is 3.55. The summed E-state index contributed by atoms with van der Waals surface area (Å²) >= 11 is 0. The first-order valence-electron chi connectivity index (χ1n) is 6.40. The van der Waals surface area contributed by atoms with Crippen molar-refractivity contribution in [2.75, 3.05) is 0 Å². The number of aryl methyl sites for hydroxylation is 1. The molecule has 5 nitrogen and oxygen atoms in total. The van der Waals surface area contributed by atoms with E-state index in [0.29, 0.717) is 17.8 Å². The standard InChI is InChI=1S/C12H20N4O/c1-3-9-6-4-5-7-10(9)14-12(17)11-13-8(2)15-16-11/h9-10H,3-7H2,1-2H3,(H,14,17)(H,13,15,16). The maximum Gasteiger partial charge on any atom is 0.291 e. The number of carbonyl (C=O) groups is 1. The highest BCUT2D eigenvalue weighted by molar-refractivity contribution is 5.90.